The van der Waals surface area contributed by atoms with Crippen LogP contribution in [0, 0.1) is 46.3 Å². The Labute approximate surface area is 207 Å². The highest BCUT2D eigenvalue weighted by atomic mass is 16.5. The number of aliphatic carboxylic acids is 1. The van der Waals surface area contributed by atoms with Crippen LogP contribution in [-0.2, 0) is 33.4 Å². The predicted octanol–water partition coefficient (Wildman–Crippen LogP) is 3.99. The minimum Gasteiger partial charge on any atom is -0.481 e. The van der Waals surface area contributed by atoms with E-state index in [-0.39, 0.29) is 71.1 Å². The zero-order chi connectivity index (χ0) is 25.4. The Hall–Kier alpha value is -2.12. The molecule has 0 aliphatic heterocycles. The summed E-state index contributed by atoms with van der Waals surface area (Å²) in [5.74, 6) is 0.481. The minimum absolute atomic E-state index is 0.0189. The minimum atomic E-state index is -0.791. The highest BCUT2D eigenvalue weighted by Gasteiger charge is 2.67. The summed E-state index contributed by atoms with van der Waals surface area (Å²) in [6.07, 6.45) is 5.98. The van der Waals surface area contributed by atoms with Crippen molar-refractivity contribution in [2.75, 3.05) is 0 Å². The molecular weight excluding hydrogens is 452 g/mol. The highest BCUT2D eigenvalue weighted by Crippen LogP contribution is 2.69. The molecule has 11 atom stereocenters. The monoisotopic (exact) mass is 492 g/mol. The third-order valence-electron chi connectivity index (χ3n) is 11.0. The summed E-state index contributed by atoms with van der Waals surface area (Å²) >= 11 is 0. The van der Waals surface area contributed by atoms with Gasteiger partial charge in [0.05, 0.1) is 0 Å². The number of carbonyl (C=O) groups excluding carboxylic acids is 3. The fraction of sp³-hybridized carbons (Fsp3) is 0.852. The smallest absolute Gasteiger partial charge is 0.303 e. The van der Waals surface area contributed by atoms with E-state index in [1.807, 2.05) is 0 Å². The van der Waals surface area contributed by atoms with E-state index in [1.54, 1.807) is 0 Å². The number of carbonyl (C=O) groups is 4. The zero-order valence-electron chi connectivity index (χ0n) is 21.1. The second-order valence-corrected chi connectivity index (χ2v) is 12.0. The molecule has 0 amide bonds. The molecule has 0 aromatic heterocycles. The lowest BCUT2D eigenvalue weighted by Crippen LogP contribution is -2.63. The van der Waals surface area contributed by atoms with Gasteiger partial charge in [-0.1, -0.05) is 20.8 Å². The van der Waals surface area contributed by atoms with Gasteiger partial charge in [-0.2, -0.15) is 0 Å². The van der Waals surface area contributed by atoms with Gasteiger partial charge in [0.15, 0.2) is 0 Å². The van der Waals surface area contributed by atoms with Crippen molar-refractivity contribution < 1.29 is 38.5 Å². The molecule has 1 N–H and O–H groups in total. The van der Waals surface area contributed by atoms with Gasteiger partial charge in [-0.15, -0.1) is 0 Å². The Bertz CT molecular complexity index is 815. The summed E-state index contributed by atoms with van der Waals surface area (Å²) in [6.45, 7) is 8.34. The number of hydrogen-bond acceptors (Lipinski definition) is 7. The molecule has 0 radical (unpaired) electrons. The van der Waals surface area contributed by atoms with Crippen molar-refractivity contribution in [3.05, 3.63) is 0 Å². The lowest BCUT2D eigenvalue weighted by atomic mass is 9.43. The van der Waals surface area contributed by atoms with Crippen molar-refractivity contribution in [1.82, 2.24) is 0 Å². The van der Waals surface area contributed by atoms with E-state index in [1.165, 1.54) is 0 Å². The van der Waals surface area contributed by atoms with Crippen LogP contribution in [0.1, 0.15) is 78.6 Å². The molecule has 4 rings (SSSR count). The van der Waals surface area contributed by atoms with Gasteiger partial charge in [-0.25, -0.2) is 0 Å². The molecule has 0 heterocycles. The fourth-order valence-corrected chi connectivity index (χ4v) is 9.30. The van der Waals surface area contributed by atoms with Crippen LogP contribution in [0.25, 0.3) is 0 Å². The van der Waals surface area contributed by atoms with E-state index in [9.17, 15) is 24.3 Å². The molecule has 0 saturated heterocycles. The van der Waals surface area contributed by atoms with Gasteiger partial charge in [-0.05, 0) is 86.4 Å². The van der Waals surface area contributed by atoms with Crippen molar-refractivity contribution in [3.63, 3.8) is 0 Å². The van der Waals surface area contributed by atoms with Gasteiger partial charge in [-0.3, -0.25) is 19.2 Å². The molecule has 0 bridgehead atoms. The SMILES string of the molecule is CC(CCC(=O)O)C1CCC2C3C(OC=O)CC4CC(OC=O)CCC4(C)C3CC(OC=O)C12C. The van der Waals surface area contributed by atoms with Crippen molar-refractivity contribution in [2.45, 2.75) is 96.9 Å². The number of hydrogen-bond donors (Lipinski definition) is 1. The lowest BCUT2D eigenvalue weighted by molar-refractivity contribution is -0.218. The Kier molecular flexibility index (Phi) is 7.49. The molecule has 4 aliphatic rings. The van der Waals surface area contributed by atoms with Crippen molar-refractivity contribution in [1.29, 1.82) is 0 Å². The highest BCUT2D eigenvalue weighted by molar-refractivity contribution is 5.66. The van der Waals surface area contributed by atoms with Crippen molar-refractivity contribution in [3.8, 4) is 0 Å². The molecule has 4 aliphatic carbocycles. The molecule has 35 heavy (non-hydrogen) atoms. The van der Waals surface area contributed by atoms with Crippen LogP contribution >= 0.6 is 0 Å². The topological polar surface area (TPSA) is 116 Å². The summed E-state index contributed by atoms with van der Waals surface area (Å²) in [6, 6.07) is 0. The maximum absolute atomic E-state index is 11.7. The van der Waals surface area contributed by atoms with Crippen LogP contribution in [0.15, 0.2) is 0 Å². The molecular formula is C27H40O8. The predicted molar refractivity (Wildman–Crippen MR) is 125 cm³/mol. The molecule has 0 aromatic carbocycles. The van der Waals surface area contributed by atoms with Crippen LogP contribution < -0.4 is 0 Å². The fourth-order valence-electron chi connectivity index (χ4n) is 9.30. The summed E-state index contributed by atoms with van der Waals surface area (Å²) < 4.78 is 17.0. The first-order valence-electron chi connectivity index (χ1n) is 13.2. The average molecular weight is 493 g/mol. The van der Waals surface area contributed by atoms with Gasteiger partial charge in [0.1, 0.15) is 18.3 Å². The first-order chi connectivity index (χ1) is 16.7. The lowest BCUT2D eigenvalue weighted by Gasteiger charge is -2.64. The molecule has 8 nitrogen and oxygen atoms in total. The second kappa shape index (κ2) is 10.1. The third-order valence-corrected chi connectivity index (χ3v) is 11.0. The molecule has 196 valence electrons. The molecule has 11 unspecified atom stereocenters. The summed E-state index contributed by atoms with van der Waals surface area (Å²) in [5.41, 5.74) is -0.319. The second-order valence-electron chi connectivity index (χ2n) is 12.0. The number of rotatable bonds is 10. The standard InChI is InChI=1S/C27H40O8/c1-16(4-7-24(31)32)19-5-6-20-25-21(12-23(35-15-30)27(19,20)3)26(2)9-8-18(33-13-28)10-17(26)11-22(25)34-14-29/h13-23,25H,4-12H2,1-3H3,(H,31,32). The maximum Gasteiger partial charge on any atom is 0.303 e. The van der Waals surface area contributed by atoms with Crippen LogP contribution in [0.2, 0.25) is 0 Å². The van der Waals surface area contributed by atoms with E-state index in [0.717, 1.165) is 38.5 Å². The maximum atomic E-state index is 11.7. The van der Waals surface area contributed by atoms with Crippen LogP contribution in [0.4, 0.5) is 0 Å². The third kappa shape index (κ3) is 4.35. The van der Waals surface area contributed by atoms with Gasteiger partial charge < -0.3 is 19.3 Å². The Morgan fingerprint density at radius 3 is 2.34 bits per heavy atom. The Balaban J connectivity index is 1.68. The normalized spacial score (nSPS) is 45.1. The number of carboxylic acids is 1. The van der Waals surface area contributed by atoms with Gasteiger partial charge in [0.25, 0.3) is 19.4 Å². The van der Waals surface area contributed by atoms with Crippen LogP contribution in [0.5, 0.6) is 0 Å². The summed E-state index contributed by atoms with van der Waals surface area (Å²) in [7, 11) is 0. The van der Waals surface area contributed by atoms with Crippen LogP contribution in [-0.4, -0.2) is 48.8 Å². The van der Waals surface area contributed by atoms with Gasteiger partial charge in [0, 0.05) is 17.8 Å². The number of carboxylic acid groups (broad SMARTS) is 1. The van der Waals surface area contributed by atoms with E-state index in [4.69, 9.17) is 14.2 Å². The number of fused-ring (bicyclic) bond motifs is 5. The molecule has 0 spiro atoms. The first-order valence-corrected chi connectivity index (χ1v) is 13.2. The number of ether oxygens (including phenoxy) is 3. The largest absolute Gasteiger partial charge is 0.481 e. The molecule has 4 fully saturated rings. The Morgan fingerprint density at radius 1 is 0.971 bits per heavy atom. The average Bonchev–Trinajstić information content (AvgIpc) is 3.17. The first kappa shape index (κ1) is 26.0. The zero-order valence-corrected chi connectivity index (χ0v) is 21.1. The molecule has 8 heteroatoms. The Morgan fingerprint density at radius 2 is 1.69 bits per heavy atom. The van der Waals surface area contributed by atoms with E-state index >= 15 is 0 Å². The van der Waals surface area contributed by atoms with Crippen LogP contribution in [0.3, 0.4) is 0 Å². The quantitative estimate of drug-likeness (QED) is 0.359. The van der Waals surface area contributed by atoms with Gasteiger partial charge >= 0.3 is 5.97 Å². The summed E-state index contributed by atoms with van der Waals surface area (Å²) in [5, 5.41) is 9.23. The summed E-state index contributed by atoms with van der Waals surface area (Å²) in [4.78, 5) is 45.5. The molecule has 0 aromatic rings. The van der Waals surface area contributed by atoms with Crippen molar-refractivity contribution in [2.24, 2.45) is 46.3 Å². The van der Waals surface area contributed by atoms with E-state index in [0.29, 0.717) is 32.3 Å². The van der Waals surface area contributed by atoms with E-state index in [2.05, 4.69) is 20.8 Å². The van der Waals surface area contributed by atoms with E-state index < -0.39 is 5.97 Å². The molecule has 4 saturated carbocycles. The van der Waals surface area contributed by atoms with Gasteiger partial charge in [0.2, 0.25) is 0 Å². The van der Waals surface area contributed by atoms with Crippen molar-refractivity contribution >= 4 is 25.4 Å².